The number of para-hydroxylation sites is 1. The standard InChI is InChI=1S/C9H8F2N2OS/c10-5-2-1-3-6(11)9(5)13-8(14)4-7(12)15/h1-3H,4H2,(H2,12,15)(H,13,14). The quantitative estimate of drug-likeness (QED) is 0.775. The number of amides is 1. The molecule has 0 heterocycles. The van der Waals surface area contributed by atoms with E-state index in [4.69, 9.17) is 5.73 Å². The van der Waals surface area contributed by atoms with E-state index in [0.717, 1.165) is 12.1 Å². The molecule has 0 aliphatic heterocycles. The van der Waals surface area contributed by atoms with E-state index in [1.54, 1.807) is 0 Å². The lowest BCUT2D eigenvalue weighted by Gasteiger charge is -2.06. The Kier molecular flexibility index (Phi) is 3.68. The van der Waals surface area contributed by atoms with E-state index in [1.807, 2.05) is 0 Å². The zero-order valence-electron chi connectivity index (χ0n) is 7.59. The van der Waals surface area contributed by atoms with Crippen LogP contribution in [0.3, 0.4) is 0 Å². The molecule has 3 N–H and O–H groups in total. The molecular formula is C9H8F2N2OS. The molecule has 15 heavy (non-hydrogen) atoms. The molecule has 0 atom stereocenters. The number of rotatable bonds is 3. The minimum absolute atomic E-state index is 0.0377. The highest BCUT2D eigenvalue weighted by Gasteiger charge is 2.11. The highest BCUT2D eigenvalue weighted by molar-refractivity contribution is 7.80. The summed E-state index contributed by atoms with van der Waals surface area (Å²) >= 11 is 4.48. The summed E-state index contributed by atoms with van der Waals surface area (Å²) in [5.74, 6) is -2.33. The predicted molar refractivity (Wildman–Crippen MR) is 56.4 cm³/mol. The van der Waals surface area contributed by atoms with Crippen molar-refractivity contribution < 1.29 is 13.6 Å². The fourth-order valence-corrected chi connectivity index (χ4v) is 1.09. The lowest BCUT2D eigenvalue weighted by Crippen LogP contribution is -2.21. The Bertz CT molecular complexity index is 389. The molecule has 0 aromatic heterocycles. The summed E-state index contributed by atoms with van der Waals surface area (Å²) < 4.78 is 26.1. The minimum atomic E-state index is -0.841. The summed E-state index contributed by atoms with van der Waals surface area (Å²) in [7, 11) is 0. The largest absolute Gasteiger partial charge is 0.393 e. The van der Waals surface area contributed by atoms with Gasteiger partial charge in [-0.05, 0) is 12.1 Å². The number of anilines is 1. The van der Waals surface area contributed by atoms with Crippen molar-refractivity contribution in [2.45, 2.75) is 6.42 Å². The summed E-state index contributed by atoms with van der Waals surface area (Å²) in [6, 6.07) is 3.28. The lowest BCUT2D eigenvalue weighted by atomic mass is 10.2. The number of carbonyl (C=O) groups is 1. The molecule has 1 aromatic rings. The molecule has 0 spiro atoms. The van der Waals surface area contributed by atoms with Gasteiger partial charge in [-0.25, -0.2) is 8.78 Å². The Morgan fingerprint density at radius 1 is 1.40 bits per heavy atom. The molecule has 0 radical (unpaired) electrons. The Morgan fingerprint density at radius 2 is 1.93 bits per heavy atom. The smallest absolute Gasteiger partial charge is 0.231 e. The zero-order valence-corrected chi connectivity index (χ0v) is 8.41. The van der Waals surface area contributed by atoms with Gasteiger partial charge >= 0.3 is 0 Å². The summed E-state index contributed by atoms with van der Waals surface area (Å²) in [5.41, 5.74) is 4.62. The molecule has 1 aromatic carbocycles. The molecule has 1 rings (SSSR count). The van der Waals surface area contributed by atoms with E-state index in [0.29, 0.717) is 0 Å². The van der Waals surface area contributed by atoms with E-state index < -0.39 is 23.2 Å². The molecule has 0 aliphatic rings. The summed E-state index contributed by atoms with van der Waals surface area (Å²) in [6.07, 6.45) is -0.247. The first-order valence-corrected chi connectivity index (χ1v) is 4.43. The third-order valence-electron chi connectivity index (χ3n) is 1.56. The number of thiocarbonyl (C=S) groups is 1. The average molecular weight is 230 g/mol. The molecule has 6 heteroatoms. The van der Waals surface area contributed by atoms with Crippen LogP contribution in [-0.2, 0) is 4.79 Å². The van der Waals surface area contributed by atoms with Gasteiger partial charge in [-0.3, -0.25) is 4.79 Å². The number of benzene rings is 1. The van der Waals surface area contributed by atoms with E-state index in [9.17, 15) is 13.6 Å². The Labute approximate surface area is 90.3 Å². The van der Waals surface area contributed by atoms with E-state index in [2.05, 4.69) is 17.5 Å². The van der Waals surface area contributed by atoms with Gasteiger partial charge in [0.15, 0.2) is 0 Å². The fourth-order valence-electron chi connectivity index (χ4n) is 0.959. The van der Waals surface area contributed by atoms with Crippen LogP contribution >= 0.6 is 12.2 Å². The van der Waals surface area contributed by atoms with Crippen molar-refractivity contribution in [3.63, 3.8) is 0 Å². The van der Waals surface area contributed by atoms with Gasteiger partial charge in [0, 0.05) is 0 Å². The predicted octanol–water partition coefficient (Wildman–Crippen LogP) is 1.58. The Balaban J connectivity index is 2.80. The van der Waals surface area contributed by atoms with Crippen LogP contribution in [0.5, 0.6) is 0 Å². The van der Waals surface area contributed by atoms with E-state index in [-0.39, 0.29) is 11.4 Å². The van der Waals surface area contributed by atoms with Gasteiger partial charge in [-0.2, -0.15) is 0 Å². The summed E-state index contributed by atoms with van der Waals surface area (Å²) in [5, 5.41) is 2.05. The lowest BCUT2D eigenvalue weighted by molar-refractivity contribution is -0.115. The molecule has 1 amide bonds. The van der Waals surface area contributed by atoms with Gasteiger partial charge in [0.05, 0.1) is 11.4 Å². The first-order chi connectivity index (χ1) is 7.00. The van der Waals surface area contributed by atoms with Crippen molar-refractivity contribution in [3.05, 3.63) is 29.8 Å². The second kappa shape index (κ2) is 4.79. The first-order valence-electron chi connectivity index (χ1n) is 4.03. The SMILES string of the molecule is NC(=S)CC(=O)Nc1c(F)cccc1F. The van der Waals surface area contributed by atoms with Crippen LogP contribution in [0.2, 0.25) is 0 Å². The number of nitrogens with one attached hydrogen (secondary N) is 1. The van der Waals surface area contributed by atoms with Gasteiger partial charge in [0.1, 0.15) is 17.3 Å². The monoisotopic (exact) mass is 230 g/mol. The number of halogens is 2. The van der Waals surface area contributed by atoms with Crippen molar-refractivity contribution in [3.8, 4) is 0 Å². The van der Waals surface area contributed by atoms with Crippen LogP contribution < -0.4 is 11.1 Å². The molecule has 0 bridgehead atoms. The second-order valence-electron chi connectivity index (χ2n) is 2.79. The highest BCUT2D eigenvalue weighted by atomic mass is 32.1. The Hall–Kier alpha value is -1.56. The van der Waals surface area contributed by atoms with Crippen LogP contribution in [0, 0.1) is 11.6 Å². The van der Waals surface area contributed by atoms with Crippen LogP contribution in [0.15, 0.2) is 18.2 Å². The molecule has 80 valence electrons. The Morgan fingerprint density at radius 3 is 2.40 bits per heavy atom. The first kappa shape index (κ1) is 11.5. The number of nitrogens with two attached hydrogens (primary N) is 1. The van der Waals surface area contributed by atoms with Crippen molar-refractivity contribution >= 4 is 28.8 Å². The van der Waals surface area contributed by atoms with Gasteiger partial charge in [-0.15, -0.1) is 0 Å². The van der Waals surface area contributed by atoms with Crippen molar-refractivity contribution in [1.29, 1.82) is 0 Å². The van der Waals surface area contributed by atoms with Gasteiger partial charge in [0.25, 0.3) is 0 Å². The van der Waals surface area contributed by atoms with Crippen molar-refractivity contribution in [1.82, 2.24) is 0 Å². The molecule has 0 saturated heterocycles. The topological polar surface area (TPSA) is 55.1 Å². The third kappa shape index (κ3) is 3.25. The fraction of sp³-hybridized carbons (Fsp3) is 0.111. The highest BCUT2D eigenvalue weighted by Crippen LogP contribution is 2.17. The van der Waals surface area contributed by atoms with Gasteiger partial charge < -0.3 is 11.1 Å². The zero-order chi connectivity index (χ0) is 11.4. The normalized spacial score (nSPS) is 9.73. The summed E-state index contributed by atoms with van der Waals surface area (Å²) in [4.78, 5) is 11.1. The maximum Gasteiger partial charge on any atom is 0.231 e. The molecule has 3 nitrogen and oxygen atoms in total. The number of carbonyl (C=O) groups excluding carboxylic acids is 1. The van der Waals surface area contributed by atoms with Crippen LogP contribution in [0.4, 0.5) is 14.5 Å². The summed E-state index contributed by atoms with van der Waals surface area (Å²) in [6.45, 7) is 0. The maximum absolute atomic E-state index is 13.0. The van der Waals surface area contributed by atoms with Gasteiger partial charge in [0.2, 0.25) is 5.91 Å². The van der Waals surface area contributed by atoms with E-state index in [1.165, 1.54) is 6.07 Å². The van der Waals surface area contributed by atoms with Gasteiger partial charge in [-0.1, -0.05) is 18.3 Å². The minimum Gasteiger partial charge on any atom is -0.393 e. The molecule has 0 aliphatic carbocycles. The number of hydrogen-bond donors (Lipinski definition) is 2. The average Bonchev–Trinajstić information content (AvgIpc) is 2.10. The number of hydrogen-bond acceptors (Lipinski definition) is 2. The van der Waals surface area contributed by atoms with E-state index >= 15 is 0 Å². The molecule has 0 fully saturated rings. The van der Waals surface area contributed by atoms with Crippen molar-refractivity contribution in [2.24, 2.45) is 5.73 Å². The van der Waals surface area contributed by atoms with Crippen molar-refractivity contribution in [2.75, 3.05) is 5.32 Å². The third-order valence-corrected chi connectivity index (χ3v) is 1.71. The van der Waals surface area contributed by atoms with Crippen LogP contribution in [-0.4, -0.2) is 10.9 Å². The molecule has 0 unspecified atom stereocenters. The van der Waals surface area contributed by atoms with Crippen LogP contribution in [0.1, 0.15) is 6.42 Å². The molecule has 0 saturated carbocycles. The maximum atomic E-state index is 13.0. The second-order valence-corrected chi connectivity index (χ2v) is 3.31. The van der Waals surface area contributed by atoms with Crippen LogP contribution in [0.25, 0.3) is 0 Å². The molecular weight excluding hydrogens is 222 g/mol.